The summed E-state index contributed by atoms with van der Waals surface area (Å²) < 4.78 is 6.24. The van der Waals surface area contributed by atoms with Crippen molar-refractivity contribution >= 4 is 17.7 Å². The smallest absolute Gasteiger partial charge is 0.349 e. The maximum absolute atomic E-state index is 13.2. The molecule has 0 aromatic carbocycles. The molecule has 7 nitrogen and oxygen atoms in total. The molecule has 2 aromatic rings. The molecule has 2 aromatic heterocycles. The van der Waals surface area contributed by atoms with E-state index in [0.717, 1.165) is 48.9 Å². The molecule has 3 heterocycles. The van der Waals surface area contributed by atoms with E-state index in [2.05, 4.69) is 20.2 Å². The number of aromatic amines is 1. The Morgan fingerprint density at radius 2 is 1.80 bits per heavy atom. The number of carbonyl (C=O) groups excluding carboxylic acids is 1. The number of cyclic esters (lactones) is 1. The number of aliphatic hydroxyl groups excluding tert-OH is 1. The minimum Gasteiger partial charge on any atom is -0.511 e. The molecule has 2 aliphatic carbocycles. The Morgan fingerprint density at radius 3 is 2.54 bits per heavy atom. The standard InChI is InChI=1S/C27H36N4O3S/c32-22-18-27(21-11-4-5-12-21,15-7-6-10-19-8-2-1-3-9-19)34-25(33)23(22)35-26-29-24(30-31-26)20-13-16-28-17-14-20/h13-14,16-17,19,21,32H,1-12,15,18H2,(H,29,30,31). The maximum atomic E-state index is 13.2. The molecule has 0 amide bonds. The summed E-state index contributed by atoms with van der Waals surface area (Å²) in [6, 6.07) is 3.68. The van der Waals surface area contributed by atoms with Crippen LogP contribution in [0.3, 0.4) is 0 Å². The second-order valence-electron chi connectivity index (χ2n) is 10.4. The maximum Gasteiger partial charge on any atom is 0.349 e. The van der Waals surface area contributed by atoms with Gasteiger partial charge in [-0.2, -0.15) is 0 Å². The van der Waals surface area contributed by atoms with Crippen LogP contribution < -0.4 is 0 Å². The van der Waals surface area contributed by atoms with Crippen LogP contribution in [0.1, 0.15) is 89.9 Å². The summed E-state index contributed by atoms with van der Waals surface area (Å²) in [5, 5.41) is 18.6. The van der Waals surface area contributed by atoms with E-state index < -0.39 is 11.6 Å². The van der Waals surface area contributed by atoms with Gasteiger partial charge < -0.3 is 9.84 Å². The van der Waals surface area contributed by atoms with Crippen molar-refractivity contribution in [2.45, 2.75) is 101 Å². The Bertz CT molecular complexity index is 1030. The Kier molecular flexibility index (Phi) is 7.75. The van der Waals surface area contributed by atoms with E-state index in [0.29, 0.717) is 23.3 Å². The van der Waals surface area contributed by atoms with Crippen LogP contribution in [0, 0.1) is 11.8 Å². The topological polar surface area (TPSA) is 101 Å². The molecule has 1 unspecified atom stereocenters. The van der Waals surface area contributed by atoms with E-state index in [-0.39, 0.29) is 10.7 Å². The Hall–Kier alpha value is -2.35. The molecule has 0 saturated heterocycles. The fourth-order valence-corrected chi connectivity index (χ4v) is 6.95. The number of ether oxygens (including phenoxy) is 1. The average molecular weight is 497 g/mol. The number of pyridine rings is 1. The normalized spacial score (nSPS) is 24.2. The monoisotopic (exact) mass is 496 g/mol. The number of nitrogens with one attached hydrogen (secondary N) is 1. The van der Waals surface area contributed by atoms with Gasteiger partial charge >= 0.3 is 5.97 Å². The van der Waals surface area contributed by atoms with E-state index in [9.17, 15) is 9.90 Å². The van der Waals surface area contributed by atoms with Crippen molar-refractivity contribution < 1.29 is 14.6 Å². The third-order valence-electron chi connectivity index (χ3n) is 8.11. The zero-order valence-corrected chi connectivity index (χ0v) is 21.2. The van der Waals surface area contributed by atoms with Gasteiger partial charge in [-0.15, -0.1) is 5.10 Å². The molecule has 35 heavy (non-hydrogen) atoms. The van der Waals surface area contributed by atoms with Gasteiger partial charge in [0.15, 0.2) is 5.82 Å². The molecule has 5 rings (SSSR count). The third-order valence-corrected chi connectivity index (χ3v) is 9.08. The number of esters is 1. The lowest BCUT2D eigenvalue weighted by atomic mass is 9.77. The first kappa shape index (κ1) is 24.3. The van der Waals surface area contributed by atoms with Gasteiger partial charge in [0.05, 0.1) is 0 Å². The molecular weight excluding hydrogens is 460 g/mol. The summed E-state index contributed by atoms with van der Waals surface area (Å²) in [7, 11) is 0. The Morgan fingerprint density at radius 1 is 1.06 bits per heavy atom. The second kappa shape index (κ2) is 11.1. The van der Waals surface area contributed by atoms with Crippen molar-refractivity contribution in [3.63, 3.8) is 0 Å². The van der Waals surface area contributed by atoms with Crippen LogP contribution in [0.2, 0.25) is 0 Å². The molecule has 8 heteroatoms. The summed E-state index contributed by atoms with van der Waals surface area (Å²) in [4.78, 5) is 21.9. The number of hydrogen-bond donors (Lipinski definition) is 2. The molecule has 2 saturated carbocycles. The number of aromatic nitrogens is 4. The molecule has 2 N–H and O–H groups in total. The van der Waals surface area contributed by atoms with Crippen molar-refractivity contribution in [2.24, 2.45) is 11.8 Å². The molecule has 188 valence electrons. The van der Waals surface area contributed by atoms with Crippen LogP contribution in [0.25, 0.3) is 11.4 Å². The molecule has 1 aliphatic heterocycles. The highest BCUT2D eigenvalue weighted by atomic mass is 32.2. The molecule has 0 radical (unpaired) electrons. The lowest BCUT2D eigenvalue weighted by molar-refractivity contribution is -0.166. The van der Waals surface area contributed by atoms with Crippen LogP contribution in [0.5, 0.6) is 0 Å². The first-order valence-corrected chi connectivity index (χ1v) is 14.1. The SMILES string of the molecule is O=C1OC(CCCCC2CCCCC2)(C2CCCC2)CC(O)=C1Sc1n[nH]c(-c2ccncc2)n1. The summed E-state index contributed by atoms with van der Waals surface area (Å²) in [5.41, 5.74) is 0.285. The van der Waals surface area contributed by atoms with Crippen LogP contribution >= 0.6 is 11.8 Å². The average Bonchev–Trinajstić information content (AvgIpc) is 3.59. The van der Waals surface area contributed by atoms with Crippen molar-refractivity contribution in [1.82, 2.24) is 20.2 Å². The van der Waals surface area contributed by atoms with E-state index in [1.165, 1.54) is 57.8 Å². The molecule has 1 atom stereocenters. The lowest BCUT2D eigenvalue weighted by Crippen LogP contribution is -2.45. The number of hydrogen-bond acceptors (Lipinski definition) is 7. The third kappa shape index (κ3) is 5.74. The first-order chi connectivity index (χ1) is 17.1. The molecular formula is C27H36N4O3S. The van der Waals surface area contributed by atoms with Gasteiger partial charge in [0.1, 0.15) is 16.3 Å². The van der Waals surface area contributed by atoms with E-state index in [1.807, 2.05) is 12.1 Å². The van der Waals surface area contributed by atoms with Crippen LogP contribution in [-0.2, 0) is 9.53 Å². The largest absolute Gasteiger partial charge is 0.511 e. The van der Waals surface area contributed by atoms with Gasteiger partial charge in [0, 0.05) is 24.4 Å². The molecule has 0 spiro atoms. The van der Waals surface area contributed by atoms with Crippen molar-refractivity contribution in [3.8, 4) is 11.4 Å². The highest BCUT2D eigenvalue weighted by molar-refractivity contribution is 8.03. The molecule has 3 aliphatic rings. The Labute approximate surface area is 211 Å². The fraction of sp³-hybridized carbons (Fsp3) is 0.630. The van der Waals surface area contributed by atoms with Crippen molar-refractivity contribution in [3.05, 3.63) is 35.2 Å². The number of H-pyrrole nitrogens is 1. The Balaban J connectivity index is 1.26. The first-order valence-electron chi connectivity index (χ1n) is 13.3. The lowest BCUT2D eigenvalue weighted by Gasteiger charge is -2.41. The fourth-order valence-electron chi connectivity index (χ4n) is 6.23. The van der Waals surface area contributed by atoms with E-state index in [1.54, 1.807) is 12.4 Å². The van der Waals surface area contributed by atoms with Crippen LogP contribution in [0.15, 0.2) is 40.3 Å². The van der Waals surface area contributed by atoms with Gasteiger partial charge in [0.25, 0.3) is 0 Å². The summed E-state index contributed by atoms with van der Waals surface area (Å²) in [5.74, 6) is 1.48. The van der Waals surface area contributed by atoms with Crippen molar-refractivity contribution in [1.29, 1.82) is 0 Å². The summed E-state index contributed by atoms with van der Waals surface area (Å²) >= 11 is 1.07. The van der Waals surface area contributed by atoms with Gasteiger partial charge in [-0.1, -0.05) is 57.8 Å². The molecule has 0 bridgehead atoms. The zero-order chi connectivity index (χ0) is 24.1. The van der Waals surface area contributed by atoms with Crippen LogP contribution in [0.4, 0.5) is 0 Å². The highest BCUT2D eigenvalue weighted by Gasteiger charge is 2.48. The van der Waals surface area contributed by atoms with E-state index in [4.69, 9.17) is 4.74 Å². The minimum atomic E-state index is -0.574. The summed E-state index contributed by atoms with van der Waals surface area (Å²) in [6.07, 6.45) is 19.5. The van der Waals surface area contributed by atoms with E-state index >= 15 is 0 Å². The summed E-state index contributed by atoms with van der Waals surface area (Å²) in [6.45, 7) is 0. The number of nitrogens with zero attached hydrogens (tertiary/aromatic N) is 3. The quantitative estimate of drug-likeness (QED) is 0.293. The van der Waals surface area contributed by atoms with Gasteiger partial charge in [-0.3, -0.25) is 10.1 Å². The number of aliphatic hydroxyl groups is 1. The predicted molar refractivity (Wildman–Crippen MR) is 136 cm³/mol. The minimum absolute atomic E-state index is 0.126. The van der Waals surface area contributed by atoms with Gasteiger partial charge in [-0.25, -0.2) is 9.78 Å². The highest BCUT2D eigenvalue weighted by Crippen LogP contribution is 2.48. The van der Waals surface area contributed by atoms with Crippen LogP contribution in [-0.4, -0.2) is 36.8 Å². The number of thioether (sulfide) groups is 1. The number of carbonyl (C=O) groups is 1. The zero-order valence-electron chi connectivity index (χ0n) is 20.4. The number of rotatable bonds is 9. The molecule has 2 fully saturated rings. The van der Waals surface area contributed by atoms with Crippen molar-refractivity contribution in [2.75, 3.05) is 0 Å². The van der Waals surface area contributed by atoms with Gasteiger partial charge in [-0.05, 0) is 61.4 Å². The van der Waals surface area contributed by atoms with Gasteiger partial charge in [0.2, 0.25) is 5.16 Å². The predicted octanol–water partition coefficient (Wildman–Crippen LogP) is 6.75. The second-order valence-corrected chi connectivity index (χ2v) is 11.4. The number of unbranched alkanes of at least 4 members (excludes halogenated alkanes) is 1.